The van der Waals surface area contributed by atoms with Crippen molar-refractivity contribution in [2.45, 2.75) is 72.6 Å². The topological polar surface area (TPSA) is 88.2 Å². The van der Waals surface area contributed by atoms with E-state index in [1.54, 1.807) is 0 Å². The van der Waals surface area contributed by atoms with Gasteiger partial charge in [0.2, 0.25) is 10.0 Å². The normalized spacial score (nSPS) is 16.4. The van der Waals surface area contributed by atoms with Crippen LogP contribution in [0.15, 0.2) is 6.33 Å². The highest BCUT2D eigenvalue weighted by molar-refractivity contribution is 7.88. The summed E-state index contributed by atoms with van der Waals surface area (Å²) < 4.78 is 32.4. The number of hydrogen-bond acceptors (Lipinski definition) is 5. The maximum absolute atomic E-state index is 12.4. The molecular formula is C16H32N4O3S. The van der Waals surface area contributed by atoms with Gasteiger partial charge in [-0.05, 0) is 33.1 Å². The van der Waals surface area contributed by atoms with Crippen LogP contribution in [0.2, 0.25) is 0 Å². The zero-order valence-electron chi connectivity index (χ0n) is 16.1. The number of sulfonamides is 1. The Morgan fingerprint density at radius 1 is 1.25 bits per heavy atom. The van der Waals surface area contributed by atoms with Gasteiger partial charge in [-0.1, -0.05) is 20.8 Å². The summed E-state index contributed by atoms with van der Waals surface area (Å²) in [5.41, 5.74) is -0.582. The third kappa shape index (κ3) is 6.14. The van der Waals surface area contributed by atoms with Gasteiger partial charge in [-0.15, -0.1) is 10.2 Å². The fraction of sp³-hybridized carbons (Fsp3) is 0.875. The molecule has 2 unspecified atom stereocenters. The average Bonchev–Trinajstić information content (AvgIpc) is 2.83. The molecule has 0 amide bonds. The van der Waals surface area contributed by atoms with E-state index >= 15 is 0 Å². The summed E-state index contributed by atoms with van der Waals surface area (Å²) in [4.78, 5) is 2.94. The van der Waals surface area contributed by atoms with Crippen LogP contribution in [0, 0.1) is 5.41 Å². The highest BCUT2D eigenvalue weighted by Gasteiger charge is 2.37. The Labute approximate surface area is 146 Å². The molecule has 0 aliphatic heterocycles. The lowest BCUT2D eigenvalue weighted by atomic mass is 9.90. The molecule has 0 aliphatic carbocycles. The van der Waals surface area contributed by atoms with Crippen LogP contribution in [0.1, 0.15) is 54.3 Å². The zero-order chi connectivity index (χ0) is 18.8. The minimum Gasteiger partial charge on any atom is -0.376 e. The number of nitrogens with one attached hydrogen (secondary N) is 1. The molecule has 0 aliphatic rings. The van der Waals surface area contributed by atoms with Gasteiger partial charge in [-0.2, -0.15) is 4.31 Å². The Morgan fingerprint density at radius 2 is 1.83 bits per heavy atom. The van der Waals surface area contributed by atoms with Crippen molar-refractivity contribution < 1.29 is 13.2 Å². The van der Waals surface area contributed by atoms with Crippen molar-refractivity contribution in [2.24, 2.45) is 5.41 Å². The second-order valence-corrected chi connectivity index (χ2v) is 10.2. The fourth-order valence-electron chi connectivity index (χ4n) is 2.58. The minimum absolute atomic E-state index is 0.00361. The van der Waals surface area contributed by atoms with Crippen LogP contribution >= 0.6 is 0 Å². The molecule has 0 radical (unpaired) electrons. The van der Waals surface area contributed by atoms with E-state index in [0.29, 0.717) is 18.9 Å². The van der Waals surface area contributed by atoms with E-state index in [9.17, 15) is 8.42 Å². The maximum Gasteiger partial charge on any atom is 0.212 e. The quantitative estimate of drug-likeness (QED) is 0.805. The first-order valence-electron chi connectivity index (χ1n) is 8.19. The van der Waals surface area contributed by atoms with Crippen LogP contribution < -0.4 is 0 Å². The largest absolute Gasteiger partial charge is 0.376 e. The van der Waals surface area contributed by atoms with Crippen molar-refractivity contribution in [1.82, 2.24) is 19.5 Å². The van der Waals surface area contributed by atoms with E-state index in [2.05, 4.69) is 36.0 Å². The van der Waals surface area contributed by atoms with Gasteiger partial charge in [0.1, 0.15) is 12.2 Å². The fourth-order valence-corrected chi connectivity index (χ4v) is 4.26. The van der Waals surface area contributed by atoms with Crippen molar-refractivity contribution in [1.29, 1.82) is 0 Å². The number of nitrogens with zero attached hydrogens (tertiary/aromatic N) is 3. The molecule has 0 aromatic carbocycles. The van der Waals surface area contributed by atoms with E-state index < -0.39 is 15.6 Å². The number of ether oxygens (including phenoxy) is 1. The van der Waals surface area contributed by atoms with E-state index in [4.69, 9.17) is 4.74 Å². The predicted molar refractivity (Wildman–Crippen MR) is 95.2 cm³/mol. The Kier molecular flexibility index (Phi) is 6.57. The van der Waals surface area contributed by atoms with Crippen LogP contribution in [0.4, 0.5) is 0 Å². The van der Waals surface area contributed by atoms with Crippen LogP contribution in [-0.2, 0) is 21.2 Å². The summed E-state index contributed by atoms with van der Waals surface area (Å²) in [7, 11) is -3.42. The summed E-state index contributed by atoms with van der Waals surface area (Å²) in [6.45, 7) is 14.2. The zero-order valence-corrected chi connectivity index (χ0v) is 16.9. The van der Waals surface area contributed by atoms with Crippen molar-refractivity contribution in [3.8, 4) is 0 Å². The summed E-state index contributed by atoms with van der Waals surface area (Å²) in [5, 5.41) is 7.77. The van der Waals surface area contributed by atoms with Gasteiger partial charge in [-0.3, -0.25) is 0 Å². The third-order valence-electron chi connectivity index (χ3n) is 4.00. The van der Waals surface area contributed by atoms with Gasteiger partial charge in [-0.25, -0.2) is 8.42 Å². The summed E-state index contributed by atoms with van der Waals surface area (Å²) in [6.07, 6.45) is 3.14. The van der Waals surface area contributed by atoms with E-state index in [1.807, 2.05) is 27.7 Å². The summed E-state index contributed by atoms with van der Waals surface area (Å²) in [5.74, 6) is 0.643. The molecule has 7 nitrogen and oxygen atoms in total. The Morgan fingerprint density at radius 3 is 2.21 bits per heavy atom. The van der Waals surface area contributed by atoms with Gasteiger partial charge in [0, 0.05) is 12.0 Å². The molecule has 0 saturated carbocycles. The van der Waals surface area contributed by atoms with Crippen molar-refractivity contribution in [3.05, 3.63) is 12.2 Å². The summed E-state index contributed by atoms with van der Waals surface area (Å²) in [6, 6.07) is -0.363. The lowest BCUT2D eigenvalue weighted by Gasteiger charge is -2.40. The van der Waals surface area contributed by atoms with Crippen molar-refractivity contribution in [3.63, 3.8) is 0 Å². The van der Waals surface area contributed by atoms with Gasteiger partial charge in [0.05, 0.1) is 25.0 Å². The first-order valence-corrected chi connectivity index (χ1v) is 10.0. The lowest BCUT2D eigenvalue weighted by molar-refractivity contribution is -0.0310. The molecule has 140 valence electrons. The molecule has 1 rings (SSSR count). The van der Waals surface area contributed by atoms with Crippen LogP contribution in [-0.4, -0.2) is 58.5 Å². The molecule has 0 bridgehead atoms. The first kappa shape index (κ1) is 21.1. The molecule has 0 spiro atoms. The third-order valence-corrected chi connectivity index (χ3v) is 5.57. The molecule has 1 aromatic heterocycles. The van der Waals surface area contributed by atoms with Gasteiger partial charge in [0.15, 0.2) is 0 Å². The van der Waals surface area contributed by atoms with Gasteiger partial charge in [0.25, 0.3) is 0 Å². The minimum atomic E-state index is -3.42. The van der Waals surface area contributed by atoms with Crippen LogP contribution in [0.25, 0.3) is 0 Å². The molecule has 2 atom stereocenters. The second kappa shape index (κ2) is 7.49. The van der Waals surface area contributed by atoms with Gasteiger partial charge < -0.3 is 9.72 Å². The Hall–Kier alpha value is -0.990. The predicted octanol–water partition coefficient (Wildman–Crippen LogP) is 2.23. The van der Waals surface area contributed by atoms with Crippen molar-refractivity contribution >= 4 is 10.0 Å². The van der Waals surface area contributed by atoms with E-state index in [-0.39, 0.29) is 17.6 Å². The van der Waals surface area contributed by atoms with Crippen LogP contribution in [0.5, 0.6) is 0 Å². The molecule has 1 aromatic rings. The van der Waals surface area contributed by atoms with E-state index in [0.717, 1.165) is 0 Å². The van der Waals surface area contributed by atoms with Crippen molar-refractivity contribution in [2.75, 3.05) is 12.9 Å². The monoisotopic (exact) mass is 360 g/mol. The number of aromatic nitrogens is 3. The molecular weight excluding hydrogens is 328 g/mol. The number of hydrogen-bond donors (Lipinski definition) is 1. The standard InChI is InChI=1S/C16H32N4O3S/c1-12(15(2,3)4)23-10-13(9-14-17-11-18-19-14)20(16(5,6)7)24(8,21)22/h11-13H,9-10H2,1-8H3,(H,17,18,19). The van der Waals surface area contributed by atoms with Gasteiger partial charge >= 0.3 is 0 Å². The smallest absolute Gasteiger partial charge is 0.212 e. The molecule has 8 heteroatoms. The number of H-pyrrole nitrogens is 1. The average molecular weight is 361 g/mol. The number of rotatable bonds is 7. The second-order valence-electron chi connectivity index (χ2n) is 8.36. The summed E-state index contributed by atoms with van der Waals surface area (Å²) >= 11 is 0. The van der Waals surface area contributed by atoms with E-state index in [1.165, 1.54) is 16.9 Å². The molecule has 0 saturated heterocycles. The first-order chi connectivity index (χ1) is 10.7. The lowest BCUT2D eigenvalue weighted by Crippen LogP contribution is -2.54. The highest BCUT2D eigenvalue weighted by Crippen LogP contribution is 2.26. The molecule has 0 fully saturated rings. The Bertz CT molecular complexity index is 600. The molecule has 1 N–H and O–H groups in total. The molecule has 24 heavy (non-hydrogen) atoms. The molecule has 1 heterocycles. The van der Waals surface area contributed by atoms with Crippen LogP contribution in [0.3, 0.4) is 0 Å². The number of aromatic amines is 1. The maximum atomic E-state index is 12.4. The highest BCUT2D eigenvalue weighted by atomic mass is 32.2. The Balaban J connectivity index is 3.07. The SMILES string of the molecule is CC(OCC(Cc1nnc[nH]1)N(C(C)(C)C)S(C)(=O)=O)C(C)(C)C.